The average Bonchev–Trinajstić information content (AvgIpc) is 2.80. The smallest absolute Gasteiger partial charge is 0.343 e. The maximum Gasteiger partial charge on any atom is 0.343 e. The van der Waals surface area contributed by atoms with Crippen LogP contribution < -0.4 is 14.5 Å². The molecule has 34 heavy (non-hydrogen) atoms. The molecule has 0 heterocycles. The molecule has 0 bridgehead atoms. The first-order valence-electron chi connectivity index (χ1n) is 10.4. The van der Waals surface area contributed by atoms with Gasteiger partial charge in [0.05, 0.1) is 23.7 Å². The van der Waals surface area contributed by atoms with E-state index in [2.05, 4.69) is 10.5 Å². The molecule has 3 aromatic carbocycles. The fourth-order valence-corrected chi connectivity index (χ4v) is 3.84. The zero-order chi connectivity index (χ0) is 24.7. The Hall–Kier alpha value is -3.98. The van der Waals surface area contributed by atoms with E-state index in [1.54, 1.807) is 66.7 Å². The Kier molecular flexibility index (Phi) is 7.80. The van der Waals surface area contributed by atoms with E-state index in [0.717, 1.165) is 21.7 Å². The Bertz CT molecular complexity index is 1300. The van der Waals surface area contributed by atoms with Crippen molar-refractivity contribution in [3.63, 3.8) is 0 Å². The lowest BCUT2D eigenvalue weighted by molar-refractivity contribution is -0.119. The van der Waals surface area contributed by atoms with Gasteiger partial charge in [-0.2, -0.15) is 5.10 Å². The molecule has 0 aliphatic heterocycles. The topological polar surface area (TPSA) is 105 Å². The van der Waals surface area contributed by atoms with Gasteiger partial charge >= 0.3 is 5.97 Å². The van der Waals surface area contributed by atoms with Crippen LogP contribution in [0.1, 0.15) is 27.0 Å². The second kappa shape index (κ2) is 10.8. The Balaban J connectivity index is 1.59. The molecule has 0 saturated carbocycles. The second-order valence-corrected chi connectivity index (χ2v) is 9.56. The molecule has 1 amide bonds. The standard InChI is InChI=1S/C25H25N3O5S/c1-18-9-12-22(15-19(18)2)28(34(3,31)32)17-24(29)27-26-16-20-10-13-23(14-11-20)33-25(30)21-7-5-4-6-8-21/h4-16H,17H2,1-3H3,(H,27,29)/b26-16-. The number of carbonyl (C=O) groups excluding carboxylic acids is 2. The number of nitrogens with one attached hydrogen (secondary N) is 1. The monoisotopic (exact) mass is 479 g/mol. The van der Waals surface area contributed by atoms with Gasteiger partial charge in [-0.05, 0) is 79.1 Å². The van der Waals surface area contributed by atoms with Crippen LogP contribution in [-0.2, 0) is 14.8 Å². The second-order valence-electron chi connectivity index (χ2n) is 7.66. The van der Waals surface area contributed by atoms with Gasteiger partial charge < -0.3 is 4.74 Å². The van der Waals surface area contributed by atoms with Crippen molar-refractivity contribution in [2.24, 2.45) is 5.10 Å². The minimum atomic E-state index is -3.68. The molecule has 3 rings (SSSR count). The third-order valence-corrected chi connectivity index (χ3v) is 6.11. The number of rotatable bonds is 8. The number of hydrogen-bond donors (Lipinski definition) is 1. The van der Waals surface area contributed by atoms with Crippen LogP contribution in [0, 0.1) is 13.8 Å². The summed E-state index contributed by atoms with van der Waals surface area (Å²) in [6, 6.07) is 20.4. The van der Waals surface area contributed by atoms with Crippen molar-refractivity contribution >= 4 is 33.8 Å². The highest BCUT2D eigenvalue weighted by Crippen LogP contribution is 2.21. The van der Waals surface area contributed by atoms with Crippen LogP contribution in [0.2, 0.25) is 0 Å². The number of hydrazone groups is 1. The van der Waals surface area contributed by atoms with Gasteiger partial charge in [0.25, 0.3) is 5.91 Å². The van der Waals surface area contributed by atoms with E-state index in [4.69, 9.17) is 4.74 Å². The predicted octanol–water partition coefficient (Wildman–Crippen LogP) is 3.44. The van der Waals surface area contributed by atoms with Crippen molar-refractivity contribution in [3.8, 4) is 5.75 Å². The van der Waals surface area contributed by atoms with Gasteiger partial charge in [0.15, 0.2) is 0 Å². The molecule has 0 fully saturated rings. The molecule has 0 unspecified atom stereocenters. The molecule has 0 aliphatic rings. The van der Waals surface area contributed by atoms with Crippen molar-refractivity contribution in [3.05, 3.63) is 95.1 Å². The number of benzene rings is 3. The van der Waals surface area contributed by atoms with E-state index in [0.29, 0.717) is 22.6 Å². The molecule has 1 N–H and O–H groups in total. The van der Waals surface area contributed by atoms with E-state index in [1.807, 2.05) is 19.9 Å². The summed E-state index contributed by atoms with van der Waals surface area (Å²) < 4.78 is 30.8. The highest BCUT2D eigenvalue weighted by Gasteiger charge is 2.21. The van der Waals surface area contributed by atoms with Crippen molar-refractivity contribution in [2.45, 2.75) is 13.8 Å². The van der Waals surface area contributed by atoms with Crippen LogP contribution in [0.3, 0.4) is 0 Å². The van der Waals surface area contributed by atoms with E-state index in [1.165, 1.54) is 6.21 Å². The highest BCUT2D eigenvalue weighted by atomic mass is 32.2. The van der Waals surface area contributed by atoms with Gasteiger partial charge in [0, 0.05) is 0 Å². The maximum atomic E-state index is 12.3. The lowest BCUT2D eigenvalue weighted by atomic mass is 10.1. The van der Waals surface area contributed by atoms with Crippen LogP contribution in [0.5, 0.6) is 5.75 Å². The Morgan fingerprint density at radius 2 is 1.65 bits per heavy atom. The summed E-state index contributed by atoms with van der Waals surface area (Å²) in [4.78, 5) is 24.4. The molecular formula is C25H25N3O5S. The highest BCUT2D eigenvalue weighted by molar-refractivity contribution is 7.92. The quantitative estimate of drug-likeness (QED) is 0.231. The van der Waals surface area contributed by atoms with Crippen LogP contribution in [0.4, 0.5) is 5.69 Å². The first kappa shape index (κ1) is 24.7. The third-order valence-electron chi connectivity index (χ3n) is 4.97. The van der Waals surface area contributed by atoms with Gasteiger partial charge in [0.1, 0.15) is 12.3 Å². The van der Waals surface area contributed by atoms with Gasteiger partial charge in [-0.1, -0.05) is 24.3 Å². The molecule has 0 aliphatic carbocycles. The lowest BCUT2D eigenvalue weighted by Gasteiger charge is -2.22. The Morgan fingerprint density at radius 1 is 0.971 bits per heavy atom. The Labute approximate surface area is 198 Å². The minimum Gasteiger partial charge on any atom is -0.423 e. The molecular weight excluding hydrogens is 454 g/mol. The molecule has 0 radical (unpaired) electrons. The van der Waals surface area contributed by atoms with Crippen molar-refractivity contribution in [1.29, 1.82) is 0 Å². The number of aryl methyl sites for hydroxylation is 2. The molecule has 8 nitrogen and oxygen atoms in total. The summed E-state index contributed by atoms with van der Waals surface area (Å²) in [6.07, 6.45) is 2.45. The summed E-state index contributed by atoms with van der Waals surface area (Å²) >= 11 is 0. The number of carbonyl (C=O) groups is 2. The summed E-state index contributed by atoms with van der Waals surface area (Å²) in [6.45, 7) is 3.38. The fourth-order valence-electron chi connectivity index (χ4n) is 2.99. The SMILES string of the molecule is Cc1ccc(N(CC(=O)N/N=C\c2ccc(OC(=O)c3ccccc3)cc2)S(C)(=O)=O)cc1C. The lowest BCUT2D eigenvalue weighted by Crippen LogP contribution is -2.39. The number of nitrogens with zero attached hydrogens (tertiary/aromatic N) is 2. The molecule has 0 saturated heterocycles. The minimum absolute atomic E-state index is 0.368. The number of esters is 1. The van der Waals surface area contributed by atoms with E-state index in [-0.39, 0.29) is 0 Å². The molecule has 9 heteroatoms. The molecule has 0 atom stereocenters. The first-order chi connectivity index (χ1) is 16.1. The van der Waals surface area contributed by atoms with Gasteiger partial charge in [-0.3, -0.25) is 9.10 Å². The zero-order valence-corrected chi connectivity index (χ0v) is 19.9. The normalized spacial score (nSPS) is 11.3. The van der Waals surface area contributed by atoms with E-state index < -0.39 is 28.4 Å². The third kappa shape index (κ3) is 6.76. The fraction of sp³-hybridized carbons (Fsp3) is 0.160. The largest absolute Gasteiger partial charge is 0.423 e. The number of sulfonamides is 1. The van der Waals surface area contributed by atoms with E-state index in [9.17, 15) is 18.0 Å². The first-order valence-corrected chi connectivity index (χ1v) is 12.2. The van der Waals surface area contributed by atoms with Crippen molar-refractivity contribution in [2.75, 3.05) is 17.1 Å². The average molecular weight is 480 g/mol. The molecule has 0 aromatic heterocycles. The molecule has 176 valence electrons. The summed E-state index contributed by atoms with van der Waals surface area (Å²) in [5.74, 6) is -0.686. The van der Waals surface area contributed by atoms with Crippen LogP contribution in [0.25, 0.3) is 0 Å². The Morgan fingerprint density at radius 3 is 2.26 bits per heavy atom. The number of hydrogen-bond acceptors (Lipinski definition) is 6. The van der Waals surface area contributed by atoms with Gasteiger partial charge in [-0.25, -0.2) is 18.6 Å². The number of anilines is 1. The van der Waals surface area contributed by atoms with Crippen molar-refractivity contribution in [1.82, 2.24) is 5.43 Å². The zero-order valence-electron chi connectivity index (χ0n) is 19.1. The van der Waals surface area contributed by atoms with Crippen LogP contribution >= 0.6 is 0 Å². The number of amides is 1. The summed E-state index contributed by atoms with van der Waals surface area (Å²) in [5, 5.41) is 3.89. The summed E-state index contributed by atoms with van der Waals surface area (Å²) in [7, 11) is -3.68. The van der Waals surface area contributed by atoms with Crippen molar-refractivity contribution < 1.29 is 22.7 Å². The van der Waals surface area contributed by atoms with Crippen LogP contribution in [0.15, 0.2) is 77.9 Å². The maximum absolute atomic E-state index is 12.3. The summed E-state index contributed by atoms with van der Waals surface area (Å²) in [5.41, 5.74) is 5.78. The molecule has 0 spiro atoms. The molecule has 3 aromatic rings. The van der Waals surface area contributed by atoms with Gasteiger partial charge in [0.2, 0.25) is 10.0 Å². The van der Waals surface area contributed by atoms with Crippen LogP contribution in [-0.4, -0.2) is 39.3 Å². The van der Waals surface area contributed by atoms with E-state index >= 15 is 0 Å². The van der Waals surface area contributed by atoms with Gasteiger partial charge in [-0.15, -0.1) is 0 Å². The number of ether oxygens (including phenoxy) is 1. The predicted molar refractivity (Wildman–Crippen MR) is 132 cm³/mol.